The number of anilines is 3. The van der Waals surface area contributed by atoms with Gasteiger partial charge in [-0.2, -0.15) is 0 Å². The maximum Gasteiger partial charge on any atom is 0.255 e. The molecule has 4 aromatic rings. The maximum atomic E-state index is 13.7. The predicted molar refractivity (Wildman–Crippen MR) is 263 cm³/mol. The molecule has 3 aliphatic heterocycles. The number of nitrogens with zero attached hydrogens (tertiary/aromatic N) is 4. The van der Waals surface area contributed by atoms with Crippen LogP contribution in [0.4, 0.5) is 21.6 Å². The van der Waals surface area contributed by atoms with Gasteiger partial charge < -0.3 is 49.3 Å². The number of fused-ring (bicyclic) bond motifs is 2. The molecule has 0 radical (unpaired) electrons. The van der Waals surface area contributed by atoms with Crippen LogP contribution in [0, 0.1) is 5.82 Å². The largest absolute Gasteiger partial charge is 0.494 e. The monoisotopic (exact) mass is 1020 g/mol. The van der Waals surface area contributed by atoms with Crippen molar-refractivity contribution in [2.24, 2.45) is 0 Å². The molecule has 1 aromatic heterocycles. The Balaban J connectivity index is 0.662. The normalized spacial score (nSPS) is 16.4. The van der Waals surface area contributed by atoms with Crippen molar-refractivity contribution in [3.63, 3.8) is 0 Å². The molecule has 0 aliphatic carbocycles. The van der Waals surface area contributed by atoms with Gasteiger partial charge in [-0.25, -0.2) is 14.4 Å². The summed E-state index contributed by atoms with van der Waals surface area (Å²) in [4.78, 5) is 75.8. The number of piperidine rings is 2. The lowest BCUT2D eigenvalue weighted by molar-refractivity contribution is -0.137. The first kappa shape index (κ1) is 53.0. The Morgan fingerprint density at radius 3 is 2.32 bits per heavy atom. The Labute approximate surface area is 419 Å². The highest BCUT2D eigenvalue weighted by Crippen LogP contribution is 2.35. The molecule has 0 bridgehead atoms. The fourth-order valence-corrected chi connectivity index (χ4v) is 9.25. The van der Waals surface area contributed by atoms with E-state index in [1.54, 1.807) is 47.0 Å². The summed E-state index contributed by atoms with van der Waals surface area (Å²) < 4.78 is 47.1. The molecule has 7 rings (SSSR count). The summed E-state index contributed by atoms with van der Waals surface area (Å²) >= 11 is 7.55. The van der Waals surface area contributed by atoms with Gasteiger partial charge in [0.2, 0.25) is 23.6 Å². The number of ether oxygens (including phenoxy) is 6. The lowest BCUT2D eigenvalue weighted by Crippen LogP contribution is -2.52. The number of amides is 5. The van der Waals surface area contributed by atoms with Crippen LogP contribution in [-0.2, 0) is 49.4 Å². The number of carbonyl (C=O) groups excluding carboxylic acids is 5. The number of rotatable bonds is 27. The second kappa shape index (κ2) is 27.2. The van der Waals surface area contributed by atoms with Crippen LogP contribution in [0.5, 0.6) is 5.75 Å². The Kier molecular flexibility index (Phi) is 20.3. The van der Waals surface area contributed by atoms with E-state index in [1.807, 2.05) is 12.1 Å². The average Bonchev–Trinajstić information content (AvgIpc) is 3.70. The van der Waals surface area contributed by atoms with Crippen LogP contribution in [-0.4, -0.2) is 160 Å². The number of methoxy groups -OCH3 is 1. The summed E-state index contributed by atoms with van der Waals surface area (Å²) in [7, 11) is 1.50. The van der Waals surface area contributed by atoms with Crippen molar-refractivity contribution >= 4 is 81.0 Å². The number of likely N-dealkylation sites (tertiary alicyclic amines) is 1. The van der Waals surface area contributed by atoms with Gasteiger partial charge in [-0.1, -0.05) is 23.7 Å². The van der Waals surface area contributed by atoms with Crippen molar-refractivity contribution < 1.29 is 56.8 Å². The van der Waals surface area contributed by atoms with Gasteiger partial charge in [0.25, 0.3) is 5.91 Å². The molecule has 2 saturated heterocycles. The molecule has 19 nitrogen and oxygen atoms in total. The molecule has 380 valence electrons. The van der Waals surface area contributed by atoms with Crippen LogP contribution in [0.15, 0.2) is 71.9 Å². The van der Waals surface area contributed by atoms with Crippen LogP contribution in [0.1, 0.15) is 41.6 Å². The van der Waals surface area contributed by atoms with E-state index < -0.39 is 17.8 Å². The van der Waals surface area contributed by atoms with Crippen molar-refractivity contribution in [3.8, 4) is 5.75 Å². The number of hydrogen-bond donors (Lipinski definition) is 4. The van der Waals surface area contributed by atoms with Gasteiger partial charge in [-0.05, 0) is 61.2 Å². The van der Waals surface area contributed by atoms with Crippen LogP contribution >= 0.6 is 23.4 Å². The third-order valence-electron chi connectivity index (χ3n) is 11.7. The highest BCUT2D eigenvalue weighted by atomic mass is 35.5. The third kappa shape index (κ3) is 15.6. The lowest BCUT2D eigenvalue weighted by Gasteiger charge is -2.31. The Morgan fingerprint density at radius 1 is 0.901 bits per heavy atom. The number of hydrogen-bond acceptors (Lipinski definition) is 16. The molecule has 3 aliphatic rings. The van der Waals surface area contributed by atoms with E-state index in [0.29, 0.717) is 118 Å². The summed E-state index contributed by atoms with van der Waals surface area (Å²) in [6.45, 7) is 5.92. The van der Waals surface area contributed by atoms with E-state index in [1.165, 1.54) is 31.6 Å². The van der Waals surface area contributed by atoms with Gasteiger partial charge in [0, 0.05) is 78.1 Å². The van der Waals surface area contributed by atoms with Crippen molar-refractivity contribution in [2.75, 3.05) is 109 Å². The van der Waals surface area contributed by atoms with E-state index in [0.717, 1.165) is 36.4 Å². The molecule has 22 heteroatoms. The van der Waals surface area contributed by atoms with E-state index in [4.69, 9.17) is 40.0 Å². The first-order valence-electron chi connectivity index (χ1n) is 23.4. The van der Waals surface area contributed by atoms with E-state index in [2.05, 4.69) is 36.1 Å². The van der Waals surface area contributed by atoms with Gasteiger partial charge in [0.15, 0.2) is 0 Å². The highest BCUT2D eigenvalue weighted by molar-refractivity contribution is 7.99. The number of halogens is 2. The zero-order valence-corrected chi connectivity index (χ0v) is 41.0. The molecule has 5 amide bonds. The van der Waals surface area contributed by atoms with E-state index >= 15 is 0 Å². The Hall–Kier alpha value is -5.78. The molecular weight excluding hydrogens is 963 g/mol. The van der Waals surface area contributed by atoms with Crippen LogP contribution in [0.2, 0.25) is 5.02 Å². The molecule has 4 heterocycles. The smallest absolute Gasteiger partial charge is 0.255 e. The van der Waals surface area contributed by atoms with Crippen molar-refractivity contribution in [1.82, 2.24) is 30.4 Å². The molecular formula is C49H58ClFN8O11S. The quantitative estimate of drug-likeness (QED) is 0.0271. The molecule has 71 heavy (non-hydrogen) atoms. The highest BCUT2D eigenvalue weighted by Gasteiger charge is 2.40. The van der Waals surface area contributed by atoms with Crippen LogP contribution in [0.25, 0.3) is 10.9 Å². The van der Waals surface area contributed by atoms with Gasteiger partial charge in [-0.15, -0.1) is 11.8 Å². The number of thioether (sulfide) groups is 1. The summed E-state index contributed by atoms with van der Waals surface area (Å²) in [6.07, 6.45) is 6.74. The van der Waals surface area contributed by atoms with Crippen molar-refractivity contribution in [3.05, 3.63) is 89.0 Å². The zero-order valence-electron chi connectivity index (χ0n) is 39.4. The average molecular weight is 1020 g/mol. The minimum atomic E-state index is -0.640. The second-order valence-corrected chi connectivity index (χ2v) is 18.2. The SMILES string of the molecule is COc1cc2ncnc(Nc3ccc(F)c(Cl)c3)c2cc1NC(=O)/C=C/CN1CCC(NC(=O)COCCOCCOCCOCCOCCSc2cccc3c2CN(C2CCC(=O)NC2=O)C3=O)CC1. The number of imide groups is 1. The molecule has 1 atom stereocenters. The zero-order chi connectivity index (χ0) is 50.0. The topological polar surface area (TPSA) is 221 Å². The maximum absolute atomic E-state index is 13.7. The molecule has 2 fully saturated rings. The van der Waals surface area contributed by atoms with Crippen molar-refractivity contribution in [2.45, 2.75) is 49.2 Å². The van der Waals surface area contributed by atoms with Gasteiger partial charge in [0.05, 0.1) is 82.8 Å². The van der Waals surface area contributed by atoms with Crippen LogP contribution in [0.3, 0.4) is 0 Å². The third-order valence-corrected chi connectivity index (χ3v) is 13.1. The lowest BCUT2D eigenvalue weighted by atomic mass is 10.0. The fourth-order valence-electron chi connectivity index (χ4n) is 8.12. The first-order chi connectivity index (χ1) is 34.6. The summed E-state index contributed by atoms with van der Waals surface area (Å²) in [6, 6.07) is 12.6. The predicted octanol–water partition coefficient (Wildman–Crippen LogP) is 4.89. The molecule has 1 unspecified atom stereocenters. The van der Waals surface area contributed by atoms with E-state index in [9.17, 15) is 28.4 Å². The minimum Gasteiger partial charge on any atom is -0.494 e. The Bertz CT molecular complexity index is 2530. The van der Waals surface area contributed by atoms with Crippen molar-refractivity contribution in [1.29, 1.82) is 0 Å². The van der Waals surface area contributed by atoms with Gasteiger partial charge in [-0.3, -0.25) is 34.2 Å². The summed E-state index contributed by atoms with van der Waals surface area (Å²) in [5, 5.41) is 11.9. The number of benzene rings is 3. The molecule has 0 spiro atoms. The first-order valence-corrected chi connectivity index (χ1v) is 24.7. The Morgan fingerprint density at radius 2 is 1.62 bits per heavy atom. The number of nitrogens with one attached hydrogen (secondary N) is 4. The molecule has 3 aromatic carbocycles. The second-order valence-electron chi connectivity index (χ2n) is 16.6. The standard InChI is InChI=1S/C49H58ClFN8O11S/c1-65-42-28-39-35(47(53-31-52-39)55-33-7-8-38(51)37(50)26-33)27-40(42)56-44(60)6-3-13-58-14-11-32(12-15-58)54-46(62)30-70-23-22-68-19-18-66-16-17-67-20-21-69-24-25-71-43-5-2-4-34-36(43)29-59(49(34)64)41-9-10-45(61)57-48(41)63/h2-8,26-28,31-32,41H,9-25,29-30H2,1H3,(H,54,62)(H,56,60)(H,52,53,55)(H,57,61,63)/b6-3+. The molecule has 4 N–H and O–H groups in total. The van der Waals surface area contributed by atoms with Gasteiger partial charge >= 0.3 is 0 Å². The van der Waals surface area contributed by atoms with E-state index in [-0.39, 0.29) is 54.3 Å². The number of aromatic nitrogens is 2. The summed E-state index contributed by atoms with van der Waals surface area (Å²) in [5.41, 5.74) is 3.02. The summed E-state index contributed by atoms with van der Waals surface area (Å²) in [5.74, 6) is -0.436. The van der Waals surface area contributed by atoms with Gasteiger partial charge in [0.1, 0.15) is 36.4 Å². The van der Waals surface area contributed by atoms with Crippen LogP contribution < -0.4 is 26.0 Å². The molecule has 0 saturated carbocycles. The number of carbonyl (C=O) groups is 5. The fraction of sp³-hybridized carbons (Fsp3) is 0.449. The minimum absolute atomic E-state index is 0.0319.